The van der Waals surface area contributed by atoms with Gasteiger partial charge in [0, 0.05) is 17.0 Å². The van der Waals surface area contributed by atoms with E-state index in [9.17, 15) is 4.79 Å². The molecular weight excluding hydrogens is 284 g/mol. The number of benzene rings is 1. The summed E-state index contributed by atoms with van der Waals surface area (Å²) in [6.45, 7) is 1.77. The van der Waals surface area contributed by atoms with Crippen LogP contribution in [0.4, 0.5) is 5.82 Å². The zero-order valence-corrected chi connectivity index (χ0v) is 10.8. The van der Waals surface area contributed by atoms with E-state index >= 15 is 0 Å². The molecule has 0 fully saturated rings. The quantitative estimate of drug-likeness (QED) is 0.885. The first-order valence-corrected chi connectivity index (χ1v) is 6.21. The molecule has 4 nitrogen and oxygen atoms in total. The highest BCUT2D eigenvalue weighted by Gasteiger charge is 2.08. The van der Waals surface area contributed by atoms with E-state index in [1.54, 1.807) is 25.1 Å². The second-order valence-corrected chi connectivity index (χ2v) is 4.17. The lowest BCUT2D eigenvalue weighted by Crippen LogP contribution is -2.11. The number of halogens is 1. The van der Waals surface area contributed by atoms with Crippen LogP contribution in [0.5, 0.6) is 0 Å². The van der Waals surface area contributed by atoms with Gasteiger partial charge in [0.05, 0.1) is 0 Å². The van der Waals surface area contributed by atoms with Gasteiger partial charge in [0.2, 0.25) is 0 Å². The van der Waals surface area contributed by atoms with Crippen LogP contribution in [-0.4, -0.2) is 11.1 Å². The third kappa shape index (κ3) is 2.94. The smallest absolute Gasteiger partial charge is 0.256 e. The molecule has 88 valence electrons. The maximum atomic E-state index is 11.8. The van der Waals surface area contributed by atoms with Crippen molar-refractivity contribution in [1.82, 2.24) is 5.16 Å². The Labute approximate surface area is 107 Å². The van der Waals surface area contributed by atoms with Crippen molar-refractivity contribution in [3.8, 4) is 0 Å². The molecule has 0 aliphatic heterocycles. The molecule has 1 aromatic carbocycles. The van der Waals surface area contributed by atoms with Crippen molar-refractivity contribution in [3.05, 3.63) is 47.2 Å². The Kier molecular flexibility index (Phi) is 3.58. The summed E-state index contributed by atoms with van der Waals surface area (Å²) < 4.78 is 4.87. The first kappa shape index (κ1) is 11.9. The van der Waals surface area contributed by atoms with Crippen LogP contribution >= 0.6 is 15.9 Å². The highest BCUT2D eigenvalue weighted by Crippen LogP contribution is 2.11. The van der Waals surface area contributed by atoms with Crippen LogP contribution in [0, 0.1) is 6.92 Å². The van der Waals surface area contributed by atoms with Gasteiger partial charge >= 0.3 is 0 Å². The molecule has 0 aliphatic rings. The van der Waals surface area contributed by atoms with Crippen LogP contribution in [0.1, 0.15) is 21.7 Å². The van der Waals surface area contributed by atoms with Gasteiger partial charge in [-0.3, -0.25) is 4.79 Å². The molecule has 0 aliphatic carbocycles. The number of amides is 1. The minimum Gasteiger partial charge on any atom is -0.360 e. The van der Waals surface area contributed by atoms with Crippen LogP contribution in [0.25, 0.3) is 0 Å². The monoisotopic (exact) mass is 294 g/mol. The van der Waals surface area contributed by atoms with E-state index < -0.39 is 0 Å². The Morgan fingerprint density at radius 3 is 2.65 bits per heavy atom. The second kappa shape index (κ2) is 5.14. The van der Waals surface area contributed by atoms with Gasteiger partial charge in [-0.15, -0.1) is 0 Å². The van der Waals surface area contributed by atoms with Crippen LogP contribution in [0.3, 0.4) is 0 Å². The third-order valence-electron chi connectivity index (χ3n) is 2.24. The fourth-order valence-corrected chi connectivity index (χ4v) is 1.73. The number of carbonyl (C=O) groups is 1. The number of anilines is 1. The summed E-state index contributed by atoms with van der Waals surface area (Å²) >= 11 is 3.35. The summed E-state index contributed by atoms with van der Waals surface area (Å²) in [5.74, 6) is 0.895. The molecule has 1 heterocycles. The lowest BCUT2D eigenvalue weighted by Gasteiger charge is -2.02. The van der Waals surface area contributed by atoms with Gasteiger partial charge in [-0.25, -0.2) is 0 Å². The molecule has 5 heteroatoms. The molecule has 0 radical (unpaired) electrons. The second-order valence-electron chi connectivity index (χ2n) is 3.61. The number of alkyl halides is 1. The van der Waals surface area contributed by atoms with E-state index in [2.05, 4.69) is 26.4 Å². The molecule has 0 spiro atoms. The molecule has 1 aromatic heterocycles. The average molecular weight is 295 g/mol. The number of hydrogen-bond donors (Lipinski definition) is 1. The summed E-state index contributed by atoms with van der Waals surface area (Å²) in [5, 5.41) is 7.14. The Morgan fingerprint density at radius 2 is 2.12 bits per heavy atom. The van der Waals surface area contributed by atoms with Gasteiger partial charge in [0.15, 0.2) is 5.82 Å². The lowest BCUT2D eigenvalue weighted by atomic mass is 10.1. The lowest BCUT2D eigenvalue weighted by molar-refractivity contribution is 0.102. The molecule has 2 rings (SSSR count). The molecule has 17 heavy (non-hydrogen) atoms. The Hall–Kier alpha value is -1.62. The Morgan fingerprint density at radius 1 is 1.41 bits per heavy atom. The number of aryl methyl sites for hydroxylation is 1. The zero-order chi connectivity index (χ0) is 12.3. The van der Waals surface area contributed by atoms with Gasteiger partial charge in [0.25, 0.3) is 5.91 Å². The van der Waals surface area contributed by atoms with Crippen molar-refractivity contribution in [3.63, 3.8) is 0 Å². The van der Waals surface area contributed by atoms with Gasteiger partial charge < -0.3 is 9.84 Å². The summed E-state index contributed by atoms with van der Waals surface area (Å²) in [5.41, 5.74) is 1.72. The van der Waals surface area contributed by atoms with Crippen molar-refractivity contribution in [2.45, 2.75) is 12.3 Å². The van der Waals surface area contributed by atoms with Crippen LogP contribution in [0.15, 0.2) is 34.9 Å². The van der Waals surface area contributed by atoms with Gasteiger partial charge in [0.1, 0.15) is 5.76 Å². The highest BCUT2D eigenvalue weighted by atomic mass is 79.9. The maximum Gasteiger partial charge on any atom is 0.256 e. The minimum absolute atomic E-state index is 0.195. The van der Waals surface area contributed by atoms with Crippen molar-refractivity contribution >= 4 is 27.7 Å². The summed E-state index contributed by atoms with van der Waals surface area (Å²) in [4.78, 5) is 11.8. The Balaban J connectivity index is 2.09. The molecule has 0 unspecified atom stereocenters. The molecule has 0 saturated carbocycles. The van der Waals surface area contributed by atoms with Crippen molar-refractivity contribution in [1.29, 1.82) is 0 Å². The fourth-order valence-electron chi connectivity index (χ4n) is 1.36. The van der Waals surface area contributed by atoms with Gasteiger partial charge in [-0.2, -0.15) is 0 Å². The maximum absolute atomic E-state index is 11.8. The van der Waals surface area contributed by atoms with E-state index in [0.29, 0.717) is 17.1 Å². The molecule has 0 saturated heterocycles. The normalized spacial score (nSPS) is 10.2. The highest BCUT2D eigenvalue weighted by molar-refractivity contribution is 9.08. The standard InChI is InChI=1S/C12H11BrN2O2/c1-8-6-11(15-17-8)14-12(16)10-4-2-9(7-13)3-5-10/h2-6H,7H2,1H3,(H,14,15,16). The van der Waals surface area contributed by atoms with Gasteiger partial charge in [-0.05, 0) is 24.6 Å². The topological polar surface area (TPSA) is 55.1 Å². The SMILES string of the molecule is Cc1cc(NC(=O)c2ccc(CBr)cc2)no1. The molecule has 0 bridgehead atoms. The molecule has 0 atom stereocenters. The number of carbonyl (C=O) groups excluding carboxylic acids is 1. The van der Waals surface area contributed by atoms with Crippen LogP contribution in [0.2, 0.25) is 0 Å². The average Bonchev–Trinajstić information content (AvgIpc) is 2.75. The number of nitrogens with zero attached hydrogens (tertiary/aromatic N) is 1. The van der Waals surface area contributed by atoms with Crippen molar-refractivity contribution in [2.24, 2.45) is 0 Å². The van der Waals surface area contributed by atoms with E-state index in [1.807, 2.05) is 12.1 Å². The summed E-state index contributed by atoms with van der Waals surface area (Å²) in [6, 6.07) is 9.03. The zero-order valence-electron chi connectivity index (χ0n) is 9.24. The first-order valence-electron chi connectivity index (χ1n) is 5.08. The molecular formula is C12H11BrN2O2. The fraction of sp³-hybridized carbons (Fsp3) is 0.167. The summed E-state index contributed by atoms with van der Waals surface area (Å²) in [6.07, 6.45) is 0. The largest absolute Gasteiger partial charge is 0.360 e. The van der Waals surface area contributed by atoms with Crippen LogP contribution < -0.4 is 5.32 Å². The predicted octanol–water partition coefficient (Wildman–Crippen LogP) is 3.13. The third-order valence-corrected chi connectivity index (χ3v) is 2.89. The molecule has 2 aromatic rings. The Bertz CT molecular complexity index is 520. The van der Waals surface area contributed by atoms with E-state index in [4.69, 9.17) is 4.52 Å². The minimum atomic E-state index is -0.195. The number of aromatic nitrogens is 1. The number of nitrogens with one attached hydrogen (secondary N) is 1. The van der Waals surface area contributed by atoms with E-state index in [0.717, 1.165) is 10.9 Å². The number of rotatable bonds is 3. The molecule has 1 N–H and O–H groups in total. The molecule has 1 amide bonds. The van der Waals surface area contributed by atoms with E-state index in [1.165, 1.54) is 0 Å². The van der Waals surface area contributed by atoms with Gasteiger partial charge in [-0.1, -0.05) is 33.2 Å². The first-order chi connectivity index (χ1) is 8.19. The van der Waals surface area contributed by atoms with E-state index in [-0.39, 0.29) is 5.91 Å². The van der Waals surface area contributed by atoms with Crippen molar-refractivity contribution in [2.75, 3.05) is 5.32 Å². The van der Waals surface area contributed by atoms with Crippen LogP contribution in [-0.2, 0) is 5.33 Å². The summed E-state index contributed by atoms with van der Waals surface area (Å²) in [7, 11) is 0. The predicted molar refractivity (Wildman–Crippen MR) is 68.3 cm³/mol. The van der Waals surface area contributed by atoms with Crippen molar-refractivity contribution < 1.29 is 9.32 Å². The number of hydrogen-bond acceptors (Lipinski definition) is 3.